The van der Waals surface area contributed by atoms with Crippen molar-refractivity contribution < 1.29 is 9.90 Å². The standard InChI is InChI=1S/C13H13BrN2O2/c1-16(8-12(17)18)7-9-4-5-11(14)10-3-2-6-15-13(9)10/h2-6H,7-8H2,1H3,(H,17,18). The maximum absolute atomic E-state index is 10.7. The molecule has 0 atom stereocenters. The molecule has 0 radical (unpaired) electrons. The number of aliphatic carboxylic acids is 1. The molecular weight excluding hydrogens is 296 g/mol. The Morgan fingerprint density at radius 3 is 2.94 bits per heavy atom. The summed E-state index contributed by atoms with van der Waals surface area (Å²) in [6.07, 6.45) is 1.75. The van der Waals surface area contributed by atoms with Gasteiger partial charge < -0.3 is 5.11 Å². The Morgan fingerprint density at radius 2 is 2.22 bits per heavy atom. The molecule has 0 aliphatic heterocycles. The molecule has 1 heterocycles. The van der Waals surface area contributed by atoms with Gasteiger partial charge in [-0.15, -0.1) is 0 Å². The lowest BCUT2D eigenvalue weighted by Crippen LogP contribution is -2.25. The van der Waals surface area contributed by atoms with Crippen molar-refractivity contribution in [3.63, 3.8) is 0 Å². The van der Waals surface area contributed by atoms with Crippen LogP contribution in [0.2, 0.25) is 0 Å². The highest BCUT2D eigenvalue weighted by Crippen LogP contribution is 2.25. The zero-order valence-electron chi connectivity index (χ0n) is 9.93. The van der Waals surface area contributed by atoms with Crippen molar-refractivity contribution in [3.8, 4) is 0 Å². The molecule has 94 valence electrons. The van der Waals surface area contributed by atoms with Crippen LogP contribution in [0.15, 0.2) is 34.9 Å². The fraction of sp³-hybridized carbons (Fsp3) is 0.231. The van der Waals surface area contributed by atoms with E-state index in [1.54, 1.807) is 18.1 Å². The normalized spacial score (nSPS) is 11.1. The summed E-state index contributed by atoms with van der Waals surface area (Å²) < 4.78 is 0.996. The van der Waals surface area contributed by atoms with Crippen molar-refractivity contribution in [2.75, 3.05) is 13.6 Å². The summed E-state index contributed by atoms with van der Waals surface area (Å²) in [5, 5.41) is 9.79. The van der Waals surface area contributed by atoms with E-state index in [-0.39, 0.29) is 6.54 Å². The quantitative estimate of drug-likeness (QED) is 0.943. The molecule has 0 bridgehead atoms. The first-order valence-electron chi connectivity index (χ1n) is 5.50. The molecule has 0 amide bonds. The minimum absolute atomic E-state index is 0.0182. The average molecular weight is 309 g/mol. The van der Waals surface area contributed by atoms with Crippen LogP contribution in [-0.4, -0.2) is 34.6 Å². The smallest absolute Gasteiger partial charge is 0.317 e. The number of hydrogen-bond acceptors (Lipinski definition) is 3. The topological polar surface area (TPSA) is 53.4 Å². The first kappa shape index (κ1) is 13.0. The molecule has 2 aromatic rings. The molecule has 5 heteroatoms. The Bertz CT molecular complexity index is 586. The van der Waals surface area contributed by atoms with Crippen LogP contribution < -0.4 is 0 Å². The fourth-order valence-corrected chi connectivity index (χ4v) is 2.35. The van der Waals surface area contributed by atoms with E-state index in [0.29, 0.717) is 6.54 Å². The maximum atomic E-state index is 10.7. The second kappa shape index (κ2) is 5.46. The number of rotatable bonds is 4. The summed E-state index contributed by atoms with van der Waals surface area (Å²) in [5.74, 6) is -0.827. The third-order valence-electron chi connectivity index (χ3n) is 2.65. The Balaban J connectivity index is 2.34. The van der Waals surface area contributed by atoms with Gasteiger partial charge in [-0.25, -0.2) is 0 Å². The highest BCUT2D eigenvalue weighted by Gasteiger charge is 2.09. The third-order valence-corrected chi connectivity index (χ3v) is 3.34. The molecule has 1 aromatic carbocycles. The van der Waals surface area contributed by atoms with Crippen molar-refractivity contribution in [1.29, 1.82) is 0 Å². The lowest BCUT2D eigenvalue weighted by Gasteiger charge is -2.15. The van der Waals surface area contributed by atoms with Gasteiger partial charge in [0.05, 0.1) is 12.1 Å². The van der Waals surface area contributed by atoms with Gasteiger partial charge in [-0.1, -0.05) is 28.1 Å². The Kier molecular flexibility index (Phi) is 3.93. The minimum Gasteiger partial charge on any atom is -0.480 e. The van der Waals surface area contributed by atoms with Crippen LogP contribution >= 0.6 is 15.9 Å². The number of carboxylic acids is 1. The van der Waals surface area contributed by atoms with E-state index in [1.165, 1.54) is 0 Å². The molecule has 0 aliphatic rings. The number of pyridine rings is 1. The zero-order valence-corrected chi connectivity index (χ0v) is 11.5. The number of fused-ring (bicyclic) bond motifs is 1. The number of nitrogens with zero attached hydrogens (tertiary/aromatic N) is 2. The Morgan fingerprint density at radius 1 is 1.44 bits per heavy atom. The van der Waals surface area contributed by atoms with Crippen LogP contribution in [0, 0.1) is 0 Å². The lowest BCUT2D eigenvalue weighted by atomic mass is 10.1. The van der Waals surface area contributed by atoms with Crippen molar-refractivity contribution in [3.05, 3.63) is 40.5 Å². The highest BCUT2D eigenvalue weighted by molar-refractivity contribution is 9.10. The number of carboxylic acid groups (broad SMARTS) is 1. The predicted octanol–water partition coefficient (Wildman–Crippen LogP) is 2.51. The Labute approximate surface area is 113 Å². The molecule has 0 fully saturated rings. The minimum atomic E-state index is -0.827. The number of benzene rings is 1. The van der Waals surface area contributed by atoms with E-state index < -0.39 is 5.97 Å². The van der Waals surface area contributed by atoms with E-state index in [0.717, 1.165) is 20.9 Å². The maximum Gasteiger partial charge on any atom is 0.317 e. The molecule has 2 rings (SSSR count). The number of hydrogen-bond donors (Lipinski definition) is 1. The van der Waals surface area contributed by atoms with Crippen LogP contribution in [-0.2, 0) is 11.3 Å². The lowest BCUT2D eigenvalue weighted by molar-refractivity contribution is -0.138. The number of aromatic nitrogens is 1. The summed E-state index contributed by atoms with van der Waals surface area (Å²) in [7, 11) is 1.78. The molecule has 0 spiro atoms. The van der Waals surface area contributed by atoms with Crippen molar-refractivity contribution in [2.45, 2.75) is 6.54 Å². The molecular formula is C13H13BrN2O2. The summed E-state index contributed by atoms with van der Waals surface area (Å²) >= 11 is 3.49. The van der Waals surface area contributed by atoms with E-state index in [1.807, 2.05) is 24.3 Å². The number of halogens is 1. The van der Waals surface area contributed by atoms with Gasteiger partial charge in [0.1, 0.15) is 0 Å². The van der Waals surface area contributed by atoms with Crippen molar-refractivity contribution >= 4 is 32.8 Å². The summed E-state index contributed by atoms with van der Waals surface area (Å²) in [6.45, 7) is 0.581. The van der Waals surface area contributed by atoms with E-state index in [9.17, 15) is 4.79 Å². The molecule has 0 saturated heterocycles. The predicted molar refractivity (Wildman–Crippen MR) is 73.4 cm³/mol. The van der Waals surface area contributed by atoms with Crippen LogP contribution in [0.25, 0.3) is 10.9 Å². The Hall–Kier alpha value is -1.46. The molecule has 0 saturated carbocycles. The molecule has 1 N–H and O–H groups in total. The number of carbonyl (C=O) groups is 1. The summed E-state index contributed by atoms with van der Waals surface area (Å²) in [6, 6.07) is 7.82. The molecule has 18 heavy (non-hydrogen) atoms. The molecule has 0 aliphatic carbocycles. The zero-order chi connectivity index (χ0) is 13.1. The largest absolute Gasteiger partial charge is 0.480 e. The van der Waals surface area contributed by atoms with Gasteiger partial charge in [-0.2, -0.15) is 0 Å². The van der Waals surface area contributed by atoms with Crippen LogP contribution in [0.1, 0.15) is 5.56 Å². The van der Waals surface area contributed by atoms with E-state index in [2.05, 4.69) is 20.9 Å². The van der Waals surface area contributed by atoms with E-state index in [4.69, 9.17) is 5.11 Å². The van der Waals surface area contributed by atoms with Crippen molar-refractivity contribution in [1.82, 2.24) is 9.88 Å². The molecule has 0 unspecified atom stereocenters. The highest BCUT2D eigenvalue weighted by atomic mass is 79.9. The number of likely N-dealkylation sites (N-methyl/N-ethyl adjacent to an activating group) is 1. The fourth-order valence-electron chi connectivity index (χ4n) is 1.90. The van der Waals surface area contributed by atoms with Gasteiger partial charge in [0.2, 0.25) is 0 Å². The monoisotopic (exact) mass is 308 g/mol. The van der Waals surface area contributed by atoms with Crippen LogP contribution in [0.4, 0.5) is 0 Å². The first-order chi connectivity index (χ1) is 8.58. The average Bonchev–Trinajstić information content (AvgIpc) is 2.32. The third kappa shape index (κ3) is 2.86. The second-order valence-electron chi connectivity index (χ2n) is 4.17. The van der Waals surface area contributed by atoms with Crippen molar-refractivity contribution in [2.24, 2.45) is 0 Å². The van der Waals surface area contributed by atoms with Gasteiger partial charge >= 0.3 is 5.97 Å². The van der Waals surface area contributed by atoms with E-state index >= 15 is 0 Å². The SMILES string of the molecule is CN(CC(=O)O)Cc1ccc(Br)c2cccnc12. The van der Waals surface area contributed by atoms with Crippen LogP contribution in [0.3, 0.4) is 0 Å². The van der Waals surface area contributed by atoms with Gasteiger partial charge in [-0.3, -0.25) is 14.7 Å². The van der Waals surface area contributed by atoms with Gasteiger partial charge in [0, 0.05) is 22.6 Å². The second-order valence-corrected chi connectivity index (χ2v) is 5.03. The van der Waals surface area contributed by atoms with Crippen LogP contribution in [0.5, 0.6) is 0 Å². The summed E-state index contributed by atoms with van der Waals surface area (Å²) in [5.41, 5.74) is 1.93. The van der Waals surface area contributed by atoms with Gasteiger partial charge in [-0.05, 0) is 24.7 Å². The van der Waals surface area contributed by atoms with Gasteiger partial charge in [0.15, 0.2) is 0 Å². The summed E-state index contributed by atoms with van der Waals surface area (Å²) in [4.78, 5) is 16.8. The first-order valence-corrected chi connectivity index (χ1v) is 6.29. The van der Waals surface area contributed by atoms with Gasteiger partial charge in [0.25, 0.3) is 0 Å². The molecule has 1 aromatic heterocycles. The molecule has 4 nitrogen and oxygen atoms in total.